The Hall–Kier alpha value is -2.46. The monoisotopic (exact) mass is 321 g/mol. The fourth-order valence-corrected chi connectivity index (χ4v) is 4.68. The van der Waals surface area contributed by atoms with Crippen molar-refractivity contribution in [1.82, 2.24) is 4.90 Å². The van der Waals surface area contributed by atoms with Crippen LogP contribution in [0.2, 0.25) is 0 Å². The van der Waals surface area contributed by atoms with E-state index in [0.29, 0.717) is 6.54 Å². The van der Waals surface area contributed by atoms with Gasteiger partial charge < -0.3 is 10.3 Å². The summed E-state index contributed by atoms with van der Waals surface area (Å²) in [6.45, 7) is 1.41. The Labute approximate surface area is 139 Å². The molecule has 3 atom stereocenters. The van der Waals surface area contributed by atoms with Crippen molar-refractivity contribution >= 4 is 17.0 Å². The van der Waals surface area contributed by atoms with Crippen molar-refractivity contribution in [2.45, 2.75) is 5.92 Å². The van der Waals surface area contributed by atoms with Gasteiger partial charge in [-0.2, -0.15) is 15.8 Å². The topological polar surface area (TPSA) is 98.5 Å². The molecule has 0 radical (unpaired) electrons. The third kappa shape index (κ3) is 2.10. The Morgan fingerprint density at radius 3 is 2.65 bits per heavy atom. The zero-order valence-electron chi connectivity index (χ0n) is 12.7. The Kier molecular flexibility index (Phi) is 3.78. The molecule has 6 heteroatoms. The van der Waals surface area contributed by atoms with Crippen molar-refractivity contribution in [2.24, 2.45) is 17.3 Å². The predicted molar refractivity (Wildman–Crippen MR) is 86.6 cm³/mol. The van der Waals surface area contributed by atoms with Crippen LogP contribution in [0.15, 0.2) is 29.2 Å². The van der Waals surface area contributed by atoms with Gasteiger partial charge in [0.2, 0.25) is 0 Å². The molecule has 2 aliphatic rings. The first-order valence-corrected chi connectivity index (χ1v) is 8.20. The first-order chi connectivity index (χ1) is 11.1. The first-order valence-electron chi connectivity index (χ1n) is 7.32. The average Bonchev–Trinajstić information content (AvgIpc) is 3.08. The molecule has 23 heavy (non-hydrogen) atoms. The fourth-order valence-electron chi connectivity index (χ4n) is 3.73. The number of likely N-dealkylation sites (N-methyl/N-ethyl adjacent to an activating group) is 1. The Morgan fingerprint density at radius 2 is 2.09 bits per heavy atom. The molecule has 1 aromatic rings. The van der Waals surface area contributed by atoms with Crippen LogP contribution in [0.4, 0.5) is 0 Å². The second-order valence-corrected chi connectivity index (χ2v) is 7.01. The molecule has 0 spiro atoms. The van der Waals surface area contributed by atoms with E-state index in [4.69, 9.17) is 5.41 Å². The highest BCUT2D eigenvalue weighted by atomic mass is 32.1. The van der Waals surface area contributed by atoms with Crippen molar-refractivity contribution < 1.29 is 0 Å². The summed E-state index contributed by atoms with van der Waals surface area (Å²) < 4.78 is 0. The van der Waals surface area contributed by atoms with Gasteiger partial charge in [0.1, 0.15) is 5.92 Å². The second kappa shape index (κ2) is 5.63. The van der Waals surface area contributed by atoms with E-state index in [9.17, 15) is 15.8 Å². The van der Waals surface area contributed by atoms with E-state index in [0.717, 1.165) is 17.0 Å². The lowest BCUT2D eigenvalue weighted by Gasteiger charge is -2.46. The van der Waals surface area contributed by atoms with Crippen molar-refractivity contribution in [1.29, 1.82) is 21.2 Å². The molecule has 5 nitrogen and oxygen atoms in total. The molecule has 1 N–H and O–H groups in total. The Morgan fingerprint density at radius 1 is 1.35 bits per heavy atom. The van der Waals surface area contributed by atoms with Crippen LogP contribution in [-0.2, 0) is 0 Å². The SMILES string of the molecule is CN1CC=C2C(C#N)C(=N)C(C#N)(C#N)[C@@H](c3cccs3)[C@@H]2C1. The number of rotatable bonds is 1. The van der Waals surface area contributed by atoms with Gasteiger partial charge in [0.25, 0.3) is 0 Å². The molecule has 1 saturated carbocycles. The van der Waals surface area contributed by atoms with E-state index >= 15 is 0 Å². The molecule has 114 valence electrons. The van der Waals surface area contributed by atoms with E-state index in [-0.39, 0.29) is 11.6 Å². The van der Waals surface area contributed by atoms with E-state index in [1.54, 1.807) is 0 Å². The van der Waals surface area contributed by atoms with Gasteiger partial charge in [-0.05, 0) is 24.1 Å². The summed E-state index contributed by atoms with van der Waals surface area (Å²) in [6.07, 6.45) is 2.00. The first kappa shape index (κ1) is 15.4. The third-order valence-electron chi connectivity index (χ3n) is 4.82. The molecule has 2 heterocycles. The Bertz CT molecular complexity index is 772. The minimum Gasteiger partial charge on any atom is -0.305 e. The standard InChI is InChI=1S/C17H15N5S/c1-22-5-4-11-12(7-18)16(21)17(9-19,10-20)15(13(11)8-22)14-3-2-6-23-14/h2-4,6,12-13,15,21H,5,8H2,1H3/t12?,13-,15-/m1/s1. The van der Waals surface area contributed by atoms with Crippen LogP contribution in [0.25, 0.3) is 0 Å². The summed E-state index contributed by atoms with van der Waals surface area (Å²) in [7, 11) is 1.99. The van der Waals surface area contributed by atoms with E-state index in [1.165, 1.54) is 11.3 Å². The van der Waals surface area contributed by atoms with E-state index < -0.39 is 17.3 Å². The smallest absolute Gasteiger partial charge is 0.190 e. The summed E-state index contributed by atoms with van der Waals surface area (Å²) in [4.78, 5) is 3.05. The van der Waals surface area contributed by atoms with Crippen LogP contribution < -0.4 is 0 Å². The molecular weight excluding hydrogens is 306 g/mol. The Balaban J connectivity index is 2.25. The lowest BCUT2D eigenvalue weighted by molar-refractivity contribution is 0.237. The number of nitrogens with zero attached hydrogens (tertiary/aromatic N) is 4. The molecule has 1 fully saturated rings. The maximum Gasteiger partial charge on any atom is 0.190 e. The second-order valence-electron chi connectivity index (χ2n) is 6.03. The van der Waals surface area contributed by atoms with Gasteiger partial charge >= 0.3 is 0 Å². The molecule has 0 aromatic carbocycles. The molecular formula is C17H15N5S. The quantitative estimate of drug-likeness (QED) is 0.803. The van der Waals surface area contributed by atoms with Gasteiger partial charge in [0, 0.05) is 29.8 Å². The third-order valence-corrected chi connectivity index (χ3v) is 5.78. The molecule has 1 aliphatic carbocycles. The normalized spacial score (nSPS) is 29.6. The summed E-state index contributed by atoms with van der Waals surface area (Å²) in [5.74, 6) is -1.27. The van der Waals surface area contributed by atoms with Crippen LogP contribution in [0.1, 0.15) is 10.8 Å². The summed E-state index contributed by atoms with van der Waals surface area (Å²) in [5, 5.41) is 39.5. The highest BCUT2D eigenvalue weighted by Gasteiger charge is 2.57. The van der Waals surface area contributed by atoms with Crippen LogP contribution >= 0.6 is 11.3 Å². The number of fused-ring (bicyclic) bond motifs is 1. The minimum atomic E-state index is -1.58. The van der Waals surface area contributed by atoms with Crippen molar-refractivity contribution in [2.75, 3.05) is 20.1 Å². The van der Waals surface area contributed by atoms with E-state index in [1.807, 2.05) is 30.6 Å². The van der Waals surface area contributed by atoms with E-state index in [2.05, 4.69) is 23.1 Å². The largest absolute Gasteiger partial charge is 0.305 e. The van der Waals surface area contributed by atoms with Crippen molar-refractivity contribution in [3.8, 4) is 18.2 Å². The van der Waals surface area contributed by atoms with Crippen LogP contribution in [0.5, 0.6) is 0 Å². The molecule has 0 bridgehead atoms. The zero-order valence-corrected chi connectivity index (χ0v) is 13.5. The van der Waals surface area contributed by atoms with Crippen LogP contribution in [-0.4, -0.2) is 30.7 Å². The lowest BCUT2D eigenvalue weighted by atomic mass is 9.55. The average molecular weight is 321 g/mol. The van der Waals surface area contributed by atoms with Gasteiger partial charge in [0.15, 0.2) is 5.41 Å². The van der Waals surface area contributed by atoms with Crippen molar-refractivity contribution in [3.63, 3.8) is 0 Å². The maximum atomic E-state index is 9.80. The lowest BCUT2D eigenvalue weighted by Crippen LogP contribution is -2.52. The highest BCUT2D eigenvalue weighted by Crippen LogP contribution is 2.54. The van der Waals surface area contributed by atoms with Gasteiger partial charge in [0.05, 0.1) is 23.9 Å². The number of hydrogen-bond acceptors (Lipinski definition) is 6. The summed E-state index contributed by atoms with van der Waals surface area (Å²) in [5.41, 5.74) is -0.753. The maximum absolute atomic E-state index is 9.80. The van der Waals surface area contributed by atoms with Crippen molar-refractivity contribution in [3.05, 3.63) is 34.0 Å². The van der Waals surface area contributed by atoms with Gasteiger partial charge in [-0.25, -0.2) is 0 Å². The number of thiophene rings is 1. The van der Waals surface area contributed by atoms with Gasteiger partial charge in [-0.1, -0.05) is 12.1 Å². The molecule has 0 saturated heterocycles. The van der Waals surface area contributed by atoms with Crippen LogP contribution in [0.3, 0.4) is 0 Å². The van der Waals surface area contributed by atoms with Gasteiger partial charge in [-0.15, -0.1) is 11.3 Å². The van der Waals surface area contributed by atoms with Crippen LogP contribution in [0, 0.1) is 56.7 Å². The van der Waals surface area contributed by atoms with Gasteiger partial charge in [-0.3, -0.25) is 0 Å². The molecule has 1 aliphatic heterocycles. The number of hydrogen-bond donors (Lipinski definition) is 1. The molecule has 3 rings (SSSR count). The molecule has 1 aromatic heterocycles. The molecule has 0 amide bonds. The fraction of sp³-hybridized carbons (Fsp3) is 0.412. The zero-order chi connectivity index (χ0) is 16.6. The number of nitrogens with one attached hydrogen (secondary N) is 1. The molecule has 1 unspecified atom stereocenters. The summed E-state index contributed by atoms with van der Waals surface area (Å²) >= 11 is 1.50. The minimum absolute atomic E-state index is 0.0737. The number of nitriles is 3. The predicted octanol–water partition coefficient (Wildman–Crippen LogP) is 2.53. The highest BCUT2D eigenvalue weighted by molar-refractivity contribution is 7.10. The summed E-state index contributed by atoms with van der Waals surface area (Å²) in [6, 6.07) is 10.1.